The summed E-state index contributed by atoms with van der Waals surface area (Å²) >= 11 is 2.10. The van der Waals surface area contributed by atoms with Crippen LogP contribution in [0.1, 0.15) is 0 Å². The quantitative estimate of drug-likeness (QED) is 0.552. The van der Waals surface area contributed by atoms with Crippen molar-refractivity contribution in [1.29, 1.82) is 0 Å². The molecule has 0 aromatic rings. The van der Waals surface area contributed by atoms with E-state index in [0.29, 0.717) is 0 Å². The number of nitrogens with zero attached hydrogens (tertiary/aromatic N) is 1. The molecule has 0 aliphatic heterocycles. The summed E-state index contributed by atoms with van der Waals surface area (Å²) in [7, 11) is 0. The Morgan fingerprint density at radius 2 is 2.33 bits per heavy atom. The number of carbonyl (C=O) groups is 1. The third-order valence-electron chi connectivity index (χ3n) is 0.605. The van der Waals surface area contributed by atoms with E-state index in [1.807, 2.05) is 0 Å². The molecule has 0 spiro atoms. The molecular formula is C5H6N2OV. The van der Waals surface area contributed by atoms with Crippen LogP contribution in [-0.2, 0) is 21.8 Å². The first-order chi connectivity index (χ1) is 4.22. The van der Waals surface area contributed by atoms with Crippen LogP contribution < -0.4 is 5.73 Å². The molecule has 1 amide bonds. The van der Waals surface area contributed by atoms with E-state index in [4.69, 9.17) is 5.73 Å². The summed E-state index contributed by atoms with van der Waals surface area (Å²) in [4.78, 5) is 13.9. The Morgan fingerprint density at radius 3 is 2.44 bits per heavy atom. The Balaban J connectivity index is 4.32. The van der Waals surface area contributed by atoms with Gasteiger partial charge in [0.05, 0.1) is 0 Å². The Hall–Kier alpha value is -0.666. The number of primary amides is 1. The molecule has 0 unspecified atom stereocenters. The van der Waals surface area contributed by atoms with Gasteiger partial charge in [-0.1, -0.05) is 0 Å². The molecule has 9 heavy (non-hydrogen) atoms. The number of amides is 1. The fourth-order valence-corrected chi connectivity index (χ4v) is 0.562. The van der Waals surface area contributed by atoms with E-state index in [1.165, 1.54) is 10.9 Å². The van der Waals surface area contributed by atoms with Gasteiger partial charge in [-0.2, -0.15) is 0 Å². The van der Waals surface area contributed by atoms with Crippen molar-refractivity contribution in [3.63, 3.8) is 0 Å². The summed E-state index contributed by atoms with van der Waals surface area (Å²) in [6, 6.07) is 0. The molecule has 47 valence electrons. The number of carbonyl (C=O) groups excluding carboxylic acids is 1. The van der Waals surface area contributed by atoms with Gasteiger partial charge in [-0.3, -0.25) is 0 Å². The maximum atomic E-state index is 10.3. The van der Waals surface area contributed by atoms with E-state index in [9.17, 15) is 4.79 Å². The van der Waals surface area contributed by atoms with Gasteiger partial charge in [-0.15, -0.1) is 0 Å². The maximum absolute atomic E-state index is 10.3. The van der Waals surface area contributed by atoms with E-state index in [-0.39, 0.29) is 5.71 Å². The molecule has 2 N–H and O–H groups in total. The minimum atomic E-state index is -0.546. The van der Waals surface area contributed by atoms with Gasteiger partial charge in [0.2, 0.25) is 0 Å². The molecule has 0 aliphatic rings. The Bertz CT molecular complexity index is 174. The average Bonchev–Trinajstić information content (AvgIpc) is 1.82. The predicted octanol–water partition coefficient (Wildman–Crippen LogP) is -0.595. The first-order valence-electron chi connectivity index (χ1n) is 2.18. The molecule has 3 nitrogen and oxygen atoms in total. The van der Waals surface area contributed by atoms with Crippen molar-refractivity contribution in [2.75, 3.05) is 0 Å². The molecule has 0 aromatic carbocycles. The van der Waals surface area contributed by atoms with Crippen LogP contribution in [0.4, 0.5) is 0 Å². The van der Waals surface area contributed by atoms with Gasteiger partial charge >= 0.3 is 61.6 Å². The zero-order chi connectivity index (χ0) is 7.28. The molecule has 0 aromatic heterocycles. The standard InChI is InChI=1S/C5H6N2O.V/c1-3-7-4(2)5(6)8;/h2-3H,1H2,(H2,6,8);. The van der Waals surface area contributed by atoms with Crippen LogP contribution in [0.5, 0.6) is 0 Å². The Labute approximate surface area is 62.1 Å². The van der Waals surface area contributed by atoms with Crippen LogP contribution >= 0.6 is 0 Å². The first kappa shape index (κ1) is 8.33. The van der Waals surface area contributed by atoms with E-state index >= 15 is 0 Å². The molecule has 0 radical (unpaired) electrons. The van der Waals surface area contributed by atoms with E-state index < -0.39 is 5.91 Å². The van der Waals surface area contributed by atoms with Crippen molar-refractivity contribution in [3.05, 3.63) is 12.8 Å². The van der Waals surface area contributed by atoms with Crippen LogP contribution in [0, 0.1) is 0 Å². The van der Waals surface area contributed by atoms with Gasteiger partial charge in [-0.05, 0) is 0 Å². The fourth-order valence-electron chi connectivity index (χ4n) is 0.259. The topological polar surface area (TPSA) is 55.4 Å². The second kappa shape index (κ2) is 4.24. The summed E-state index contributed by atoms with van der Waals surface area (Å²) in [6.07, 6.45) is 1.27. The molecule has 0 fully saturated rings. The SMILES string of the molecule is C=CN=C([CH]=[V])C(N)=O. The summed E-state index contributed by atoms with van der Waals surface area (Å²) in [5, 5.41) is 0. The minimum absolute atomic E-state index is 0.213. The van der Waals surface area contributed by atoms with Crippen LogP contribution in [0.2, 0.25) is 0 Å². The second-order valence-electron chi connectivity index (χ2n) is 1.19. The first-order valence-corrected chi connectivity index (χ1v) is 2.99. The molecule has 0 atom stereocenters. The molecule has 0 aliphatic carbocycles. The van der Waals surface area contributed by atoms with Crippen molar-refractivity contribution >= 4 is 16.3 Å². The number of rotatable bonds is 3. The average molecular weight is 161 g/mol. The van der Waals surface area contributed by atoms with Gasteiger partial charge in [0, 0.05) is 0 Å². The van der Waals surface area contributed by atoms with Crippen LogP contribution in [0.15, 0.2) is 17.8 Å². The van der Waals surface area contributed by atoms with Gasteiger partial charge in [0.1, 0.15) is 0 Å². The fraction of sp³-hybridized carbons (Fsp3) is 0. The number of hydrogen-bond acceptors (Lipinski definition) is 2. The van der Waals surface area contributed by atoms with Gasteiger partial charge in [0.25, 0.3) is 0 Å². The summed E-state index contributed by atoms with van der Waals surface area (Å²) in [5.41, 5.74) is 5.09. The molecular weight excluding hydrogens is 155 g/mol. The van der Waals surface area contributed by atoms with Crippen molar-refractivity contribution < 1.29 is 21.8 Å². The van der Waals surface area contributed by atoms with Crippen molar-refractivity contribution in [3.8, 4) is 0 Å². The third-order valence-corrected chi connectivity index (χ3v) is 0.987. The zero-order valence-corrected chi connectivity index (χ0v) is 6.14. The molecule has 4 heteroatoms. The summed E-state index contributed by atoms with van der Waals surface area (Å²) < 4.78 is 1.47. The Kier molecular flexibility index (Phi) is 3.92. The van der Waals surface area contributed by atoms with Crippen molar-refractivity contribution in [2.24, 2.45) is 10.7 Å². The number of nitrogens with two attached hydrogens (primary N) is 1. The van der Waals surface area contributed by atoms with Crippen LogP contribution in [0.25, 0.3) is 0 Å². The van der Waals surface area contributed by atoms with Gasteiger partial charge in [0.15, 0.2) is 0 Å². The third kappa shape index (κ3) is 3.00. The molecule has 0 heterocycles. The van der Waals surface area contributed by atoms with E-state index in [1.54, 1.807) is 0 Å². The molecule has 0 bridgehead atoms. The molecule has 0 rings (SSSR count). The summed E-state index contributed by atoms with van der Waals surface area (Å²) in [6.45, 7) is 3.31. The zero-order valence-electron chi connectivity index (χ0n) is 4.74. The van der Waals surface area contributed by atoms with E-state index in [2.05, 4.69) is 28.6 Å². The van der Waals surface area contributed by atoms with E-state index in [0.717, 1.165) is 0 Å². The summed E-state index contributed by atoms with van der Waals surface area (Å²) in [5.74, 6) is -0.546. The molecule has 0 saturated heterocycles. The molecule has 0 saturated carbocycles. The monoisotopic (exact) mass is 161 g/mol. The second-order valence-corrected chi connectivity index (χ2v) is 1.59. The Morgan fingerprint density at radius 1 is 1.78 bits per heavy atom. The van der Waals surface area contributed by atoms with Crippen LogP contribution in [0.3, 0.4) is 0 Å². The van der Waals surface area contributed by atoms with Gasteiger partial charge < -0.3 is 0 Å². The van der Waals surface area contributed by atoms with Gasteiger partial charge in [-0.25, -0.2) is 0 Å². The van der Waals surface area contributed by atoms with Crippen LogP contribution in [-0.4, -0.2) is 16.3 Å². The predicted molar refractivity (Wildman–Crippen MR) is 32.9 cm³/mol. The number of hydrogen-bond donors (Lipinski definition) is 1. The van der Waals surface area contributed by atoms with Crippen molar-refractivity contribution in [1.82, 2.24) is 0 Å². The number of aliphatic imine (C=N–C) groups is 1. The van der Waals surface area contributed by atoms with Crippen molar-refractivity contribution in [2.45, 2.75) is 0 Å². The normalized spacial score (nSPS) is 10.3.